The maximum Gasteiger partial charge on any atom is 0.339 e. The van der Waals surface area contributed by atoms with Crippen molar-refractivity contribution >= 4 is 52.3 Å². The molecule has 0 radical (unpaired) electrons. The number of carboxylic acids is 1. The molecule has 6 nitrogen and oxygen atoms in total. The van der Waals surface area contributed by atoms with Crippen LogP contribution in [0.1, 0.15) is 15.4 Å². The minimum absolute atomic E-state index is 0.241. The third kappa shape index (κ3) is 4.30. The van der Waals surface area contributed by atoms with Gasteiger partial charge in [-0.1, -0.05) is 23.7 Å². The molecule has 0 aliphatic rings. The smallest absolute Gasteiger partial charge is 0.339 e. The summed E-state index contributed by atoms with van der Waals surface area (Å²) in [5.41, 5.74) is 1.87. The Hall–Kier alpha value is -3.25. The number of benzene rings is 2. The zero-order valence-corrected chi connectivity index (χ0v) is 15.2. The molecule has 2 aromatic carbocycles. The van der Waals surface area contributed by atoms with Gasteiger partial charge >= 0.3 is 5.97 Å². The lowest BCUT2D eigenvalue weighted by Gasteiger charge is -2.01. The topological polar surface area (TPSA) is 105 Å². The van der Waals surface area contributed by atoms with Crippen molar-refractivity contribution in [1.82, 2.24) is 4.98 Å². The first-order valence-corrected chi connectivity index (χ1v) is 8.83. The second-order valence-electron chi connectivity index (χ2n) is 5.34. The molecule has 0 atom stereocenters. The van der Waals surface area contributed by atoms with Crippen LogP contribution in [0, 0.1) is 0 Å². The number of carboxylic acid groups (broad SMARTS) is 1. The van der Waals surface area contributed by atoms with E-state index in [9.17, 15) is 15.3 Å². The molecular formula is C19H11ClN3O3S-. The number of nitrogens with zero attached hydrogens (tertiary/aromatic N) is 3. The Balaban J connectivity index is 1.85. The number of hydrogen-bond acceptors (Lipinski definition) is 5. The molecule has 1 heterocycles. The van der Waals surface area contributed by atoms with Crippen LogP contribution in [0.2, 0.25) is 5.02 Å². The fraction of sp³-hybridized carbons (Fsp3) is 0. The number of aromatic nitrogens is 1. The van der Waals surface area contributed by atoms with Gasteiger partial charge in [0, 0.05) is 27.8 Å². The van der Waals surface area contributed by atoms with Crippen molar-refractivity contribution in [2.45, 2.75) is 0 Å². The second kappa shape index (κ2) is 7.97. The molecule has 27 heavy (non-hydrogen) atoms. The number of aromatic carboxylic acids is 1. The molecule has 0 amide bonds. The van der Waals surface area contributed by atoms with Crippen molar-refractivity contribution in [3.8, 4) is 17.0 Å². The highest BCUT2D eigenvalue weighted by Crippen LogP contribution is 2.27. The third-order valence-corrected chi connectivity index (χ3v) is 4.68. The maximum atomic E-state index is 11.1. The third-order valence-electron chi connectivity index (χ3n) is 3.55. The number of thiazole rings is 1. The normalized spacial score (nSPS) is 10.7. The van der Waals surface area contributed by atoms with E-state index in [0.29, 0.717) is 21.4 Å². The van der Waals surface area contributed by atoms with Gasteiger partial charge in [-0.2, -0.15) is 0 Å². The first-order chi connectivity index (χ1) is 13.0. The van der Waals surface area contributed by atoms with Crippen LogP contribution < -0.4 is 0 Å². The van der Waals surface area contributed by atoms with Gasteiger partial charge in [-0.25, -0.2) is 9.78 Å². The van der Waals surface area contributed by atoms with Gasteiger partial charge in [0.05, 0.1) is 11.4 Å². The van der Waals surface area contributed by atoms with E-state index in [-0.39, 0.29) is 16.9 Å². The number of aromatic hydroxyl groups is 1. The van der Waals surface area contributed by atoms with Gasteiger partial charge in [0.25, 0.3) is 0 Å². The van der Waals surface area contributed by atoms with E-state index < -0.39 is 5.97 Å². The Kier molecular flexibility index (Phi) is 5.47. The highest BCUT2D eigenvalue weighted by molar-refractivity contribution is 7.11. The summed E-state index contributed by atoms with van der Waals surface area (Å²) in [6.07, 6.45) is 1.32. The molecule has 0 unspecified atom stereocenters. The van der Waals surface area contributed by atoms with Crippen LogP contribution >= 0.6 is 22.9 Å². The largest absolute Gasteiger partial charge is 0.763 e. The summed E-state index contributed by atoms with van der Waals surface area (Å²) in [7, 11) is 0. The van der Waals surface area contributed by atoms with Crippen molar-refractivity contribution in [3.63, 3.8) is 0 Å². The standard InChI is InChI=1S/C19H11ClN3O3S/c20-13-3-1-11(2-4-13)16-10-27-18(23-16)12(8-21)9-22-14-5-6-17(24)15(7-14)19(25)26/h1-7,9-10,24H,(H,25,26)/q-1. The van der Waals surface area contributed by atoms with E-state index in [1.54, 1.807) is 12.1 Å². The van der Waals surface area contributed by atoms with Crippen LogP contribution in [0.15, 0.2) is 52.8 Å². The maximum absolute atomic E-state index is 11.1. The SMILES string of the molecule is [N-]=C=C(C=Nc1ccc(O)c(C(=O)O)c1)c1nc(-c2ccc(Cl)cc2)cs1. The molecule has 0 saturated carbocycles. The molecule has 3 rings (SSSR count). The molecule has 0 bridgehead atoms. The second-order valence-corrected chi connectivity index (χ2v) is 6.63. The predicted octanol–water partition coefficient (Wildman–Crippen LogP) is 4.89. The quantitative estimate of drug-likeness (QED) is 0.598. The fourth-order valence-corrected chi connectivity index (χ4v) is 3.11. The number of allylic oxidation sites excluding steroid dienone is 1. The number of halogens is 1. The lowest BCUT2D eigenvalue weighted by atomic mass is 10.2. The molecule has 0 aliphatic heterocycles. The number of carbonyl (C=O) groups is 1. The number of phenols is 1. The lowest BCUT2D eigenvalue weighted by Crippen LogP contribution is -1.96. The monoisotopic (exact) mass is 396 g/mol. The molecule has 0 fully saturated rings. The van der Waals surface area contributed by atoms with Crippen molar-refractivity contribution < 1.29 is 15.0 Å². The Morgan fingerprint density at radius 3 is 2.67 bits per heavy atom. The van der Waals surface area contributed by atoms with Crippen molar-refractivity contribution in [2.75, 3.05) is 0 Å². The van der Waals surface area contributed by atoms with Crippen molar-refractivity contribution in [3.05, 3.63) is 68.8 Å². The van der Waals surface area contributed by atoms with Gasteiger partial charge in [0.2, 0.25) is 0 Å². The van der Waals surface area contributed by atoms with Gasteiger partial charge in [-0.3, -0.25) is 10.9 Å². The molecule has 0 spiro atoms. The van der Waals surface area contributed by atoms with Gasteiger partial charge in [-0.05, 0) is 30.3 Å². The average Bonchev–Trinajstić information content (AvgIpc) is 3.14. The molecular weight excluding hydrogens is 386 g/mol. The predicted molar refractivity (Wildman–Crippen MR) is 108 cm³/mol. The van der Waals surface area contributed by atoms with Gasteiger partial charge in [-0.15, -0.1) is 11.3 Å². The molecule has 0 aliphatic carbocycles. The van der Waals surface area contributed by atoms with Crippen LogP contribution in [0.4, 0.5) is 5.69 Å². The Morgan fingerprint density at radius 2 is 2.00 bits per heavy atom. The first kappa shape index (κ1) is 18.5. The minimum atomic E-state index is -1.26. The first-order valence-electron chi connectivity index (χ1n) is 7.57. The molecule has 0 saturated heterocycles. The van der Waals surface area contributed by atoms with E-state index in [1.807, 2.05) is 23.4 Å². The van der Waals surface area contributed by atoms with Crippen LogP contribution in [0.5, 0.6) is 5.75 Å². The Morgan fingerprint density at radius 1 is 1.26 bits per heavy atom. The van der Waals surface area contributed by atoms with Crippen LogP contribution in [0.3, 0.4) is 0 Å². The van der Waals surface area contributed by atoms with Crippen LogP contribution in [-0.2, 0) is 0 Å². The molecule has 8 heteroatoms. The minimum Gasteiger partial charge on any atom is -0.763 e. The van der Waals surface area contributed by atoms with E-state index in [2.05, 4.69) is 9.98 Å². The summed E-state index contributed by atoms with van der Waals surface area (Å²) in [5.74, 6) is 0.429. The summed E-state index contributed by atoms with van der Waals surface area (Å²) in [4.78, 5) is 19.6. The fourth-order valence-electron chi connectivity index (χ4n) is 2.20. The summed E-state index contributed by atoms with van der Waals surface area (Å²) in [6.45, 7) is 0. The zero-order valence-electron chi connectivity index (χ0n) is 13.6. The van der Waals surface area contributed by atoms with Gasteiger partial charge in [0.15, 0.2) is 0 Å². The van der Waals surface area contributed by atoms with Crippen LogP contribution in [-0.4, -0.2) is 33.3 Å². The zero-order chi connectivity index (χ0) is 19.4. The summed E-state index contributed by atoms with van der Waals surface area (Å²) in [6, 6.07) is 11.1. The molecule has 134 valence electrons. The van der Waals surface area contributed by atoms with Gasteiger partial charge in [0.1, 0.15) is 16.3 Å². The van der Waals surface area contributed by atoms with Gasteiger partial charge < -0.3 is 15.6 Å². The highest BCUT2D eigenvalue weighted by Gasteiger charge is 2.10. The summed E-state index contributed by atoms with van der Waals surface area (Å²) < 4.78 is 0. The van der Waals surface area contributed by atoms with E-state index in [0.717, 1.165) is 5.56 Å². The number of rotatable bonds is 5. The molecule has 1 aromatic heterocycles. The Labute approximate surface area is 163 Å². The average molecular weight is 397 g/mol. The molecule has 2 N–H and O–H groups in total. The summed E-state index contributed by atoms with van der Waals surface area (Å²) in [5, 5.41) is 30.9. The molecule has 3 aromatic rings. The van der Waals surface area contributed by atoms with Crippen molar-refractivity contribution in [1.29, 1.82) is 0 Å². The number of aliphatic imine (C=N–C) groups is 1. The Bertz CT molecular complexity index is 1080. The summed E-state index contributed by atoms with van der Waals surface area (Å²) >= 11 is 7.18. The number of hydrogen-bond donors (Lipinski definition) is 2. The van der Waals surface area contributed by atoms with E-state index in [4.69, 9.17) is 16.7 Å². The van der Waals surface area contributed by atoms with E-state index in [1.165, 1.54) is 35.8 Å². The van der Waals surface area contributed by atoms with Crippen molar-refractivity contribution in [2.24, 2.45) is 4.99 Å². The van der Waals surface area contributed by atoms with E-state index >= 15 is 0 Å². The highest BCUT2D eigenvalue weighted by atomic mass is 35.5. The lowest BCUT2D eigenvalue weighted by molar-refractivity contribution is 0.0694. The van der Waals surface area contributed by atoms with Crippen LogP contribution in [0.25, 0.3) is 22.2 Å².